The smallest absolute Gasteiger partial charge is 0.298 e. The van der Waals surface area contributed by atoms with Gasteiger partial charge in [0.05, 0.1) is 0 Å². The van der Waals surface area contributed by atoms with Crippen LogP contribution >= 0.6 is 0 Å². The van der Waals surface area contributed by atoms with Crippen molar-refractivity contribution >= 4 is 10.1 Å². The van der Waals surface area contributed by atoms with Crippen LogP contribution < -0.4 is 4.74 Å². The van der Waals surface area contributed by atoms with E-state index in [-0.39, 0.29) is 16.4 Å². The summed E-state index contributed by atoms with van der Waals surface area (Å²) in [4.78, 5) is -0.305. The van der Waals surface area contributed by atoms with Crippen LogP contribution in [0.5, 0.6) is 17.2 Å². The largest absolute Gasteiger partial charge is 0.508 e. The Balaban J connectivity index is 2.06. The van der Waals surface area contributed by atoms with Crippen LogP contribution in [0.1, 0.15) is 51.0 Å². The summed E-state index contributed by atoms with van der Waals surface area (Å²) in [5.41, 5.74) is 0.930. The number of hydrogen-bond acceptors (Lipinski definition) is 4. The second-order valence-electron chi connectivity index (χ2n) is 6.38. The third-order valence-electron chi connectivity index (χ3n) is 4.12. The molecule has 0 spiro atoms. The summed E-state index contributed by atoms with van der Waals surface area (Å²) in [7, 11) is -4.39. The first-order valence-electron chi connectivity index (χ1n) is 8.97. The van der Waals surface area contributed by atoms with Crippen molar-refractivity contribution in [3.05, 3.63) is 48.0 Å². The molecule has 6 heteroatoms. The van der Waals surface area contributed by atoms with E-state index >= 15 is 0 Å². The minimum Gasteiger partial charge on any atom is -0.508 e. The maximum atomic E-state index is 11.5. The van der Waals surface area contributed by atoms with E-state index in [4.69, 9.17) is 4.74 Å². The lowest BCUT2D eigenvalue weighted by atomic mass is 10.0. The van der Waals surface area contributed by atoms with Gasteiger partial charge in [-0.3, -0.25) is 4.55 Å². The summed E-state index contributed by atoms with van der Waals surface area (Å²) in [6, 6.07) is 10.7. The fourth-order valence-electron chi connectivity index (χ4n) is 2.83. The summed E-state index contributed by atoms with van der Waals surface area (Å²) in [5.74, 6) is 0.418. The fourth-order valence-corrected chi connectivity index (χ4v) is 3.45. The molecule has 0 saturated heterocycles. The Labute approximate surface area is 155 Å². The van der Waals surface area contributed by atoms with Crippen molar-refractivity contribution in [3.63, 3.8) is 0 Å². The maximum absolute atomic E-state index is 11.5. The Kier molecular flexibility index (Phi) is 7.48. The van der Waals surface area contributed by atoms with Gasteiger partial charge in [-0.15, -0.1) is 0 Å². The summed E-state index contributed by atoms with van der Waals surface area (Å²) >= 11 is 0. The summed E-state index contributed by atoms with van der Waals surface area (Å²) in [6.07, 6.45) is 7.91. The number of hydrogen-bond donors (Lipinski definition) is 2. The Morgan fingerprint density at radius 2 is 1.65 bits per heavy atom. The Bertz CT molecular complexity index is 815. The van der Waals surface area contributed by atoms with Crippen LogP contribution in [0.2, 0.25) is 0 Å². The van der Waals surface area contributed by atoms with E-state index in [1.54, 1.807) is 18.2 Å². The molecule has 2 N–H and O–H groups in total. The molecule has 2 aromatic carbocycles. The molecule has 0 aromatic heterocycles. The SMILES string of the molecule is CCCCCCCCc1cc(O)cc(Oc2ccccc2S(=O)(=O)O)c1. The van der Waals surface area contributed by atoms with E-state index in [0.717, 1.165) is 24.8 Å². The average molecular weight is 378 g/mol. The fraction of sp³-hybridized carbons (Fsp3) is 0.400. The first kappa shape index (κ1) is 20.3. The van der Waals surface area contributed by atoms with Crippen LogP contribution in [0, 0.1) is 0 Å². The molecule has 0 fully saturated rings. The second-order valence-corrected chi connectivity index (χ2v) is 7.77. The molecule has 0 aliphatic heterocycles. The number of phenolic OH excluding ortho intramolecular Hbond substituents is 1. The average Bonchev–Trinajstić information content (AvgIpc) is 2.57. The molecular weight excluding hydrogens is 352 g/mol. The predicted molar refractivity (Wildman–Crippen MR) is 102 cm³/mol. The number of phenols is 1. The van der Waals surface area contributed by atoms with Crippen molar-refractivity contribution in [2.75, 3.05) is 0 Å². The number of rotatable bonds is 10. The molecule has 0 heterocycles. The van der Waals surface area contributed by atoms with E-state index in [0.29, 0.717) is 5.75 Å². The molecule has 0 radical (unpaired) electrons. The highest BCUT2D eigenvalue weighted by molar-refractivity contribution is 7.86. The number of ether oxygens (including phenoxy) is 1. The lowest BCUT2D eigenvalue weighted by Crippen LogP contribution is -2.01. The van der Waals surface area contributed by atoms with Crippen molar-refractivity contribution in [1.82, 2.24) is 0 Å². The first-order valence-corrected chi connectivity index (χ1v) is 10.4. The van der Waals surface area contributed by atoms with Crippen molar-refractivity contribution in [1.29, 1.82) is 0 Å². The molecule has 26 heavy (non-hydrogen) atoms. The topological polar surface area (TPSA) is 83.8 Å². The molecule has 0 unspecified atom stereocenters. The number of unbranched alkanes of at least 4 members (excludes halogenated alkanes) is 5. The first-order chi connectivity index (χ1) is 12.4. The van der Waals surface area contributed by atoms with Crippen LogP contribution in [0.3, 0.4) is 0 Å². The van der Waals surface area contributed by atoms with Crippen molar-refractivity contribution in [2.24, 2.45) is 0 Å². The Hall–Kier alpha value is -2.05. The predicted octanol–water partition coefficient (Wildman–Crippen LogP) is 5.33. The normalized spacial score (nSPS) is 11.5. The monoisotopic (exact) mass is 378 g/mol. The van der Waals surface area contributed by atoms with Crippen molar-refractivity contribution in [3.8, 4) is 17.2 Å². The van der Waals surface area contributed by atoms with E-state index in [1.165, 1.54) is 49.9 Å². The van der Waals surface area contributed by atoms with E-state index in [9.17, 15) is 18.1 Å². The van der Waals surface area contributed by atoms with Gasteiger partial charge in [-0.05, 0) is 42.7 Å². The molecule has 0 aliphatic rings. The number of benzene rings is 2. The molecule has 2 aromatic rings. The number of aromatic hydroxyl groups is 1. The van der Waals surface area contributed by atoms with Gasteiger partial charge in [-0.1, -0.05) is 51.2 Å². The van der Waals surface area contributed by atoms with Gasteiger partial charge in [0.2, 0.25) is 0 Å². The van der Waals surface area contributed by atoms with Gasteiger partial charge in [0, 0.05) is 6.07 Å². The van der Waals surface area contributed by atoms with Gasteiger partial charge in [-0.2, -0.15) is 8.42 Å². The molecule has 0 amide bonds. The highest BCUT2D eigenvalue weighted by Gasteiger charge is 2.16. The molecule has 0 aliphatic carbocycles. The Morgan fingerprint density at radius 1 is 0.962 bits per heavy atom. The van der Waals surface area contributed by atoms with Crippen LogP contribution in [-0.4, -0.2) is 18.1 Å². The number of aryl methyl sites for hydroxylation is 1. The zero-order chi connectivity index (χ0) is 19.0. The van der Waals surface area contributed by atoms with Crippen LogP contribution in [0.4, 0.5) is 0 Å². The van der Waals surface area contributed by atoms with E-state index in [2.05, 4.69) is 6.92 Å². The standard InChI is InChI=1S/C20H26O5S/c1-2-3-4-5-6-7-10-16-13-17(21)15-18(14-16)25-19-11-8-9-12-20(19)26(22,23)24/h8-9,11-15,21H,2-7,10H2,1H3,(H,22,23,24). The molecular formula is C20H26O5S. The zero-order valence-corrected chi connectivity index (χ0v) is 15.8. The Morgan fingerprint density at radius 3 is 2.38 bits per heavy atom. The van der Waals surface area contributed by atoms with Gasteiger partial charge in [0.15, 0.2) is 0 Å². The highest BCUT2D eigenvalue weighted by Crippen LogP contribution is 2.31. The van der Waals surface area contributed by atoms with Crippen molar-refractivity contribution < 1.29 is 22.8 Å². The lowest BCUT2D eigenvalue weighted by molar-refractivity contribution is 0.439. The quantitative estimate of drug-likeness (QED) is 0.431. The molecule has 0 bridgehead atoms. The van der Waals surface area contributed by atoms with Crippen molar-refractivity contribution in [2.45, 2.75) is 56.8 Å². The van der Waals surface area contributed by atoms with Crippen LogP contribution in [0.25, 0.3) is 0 Å². The third kappa shape index (κ3) is 6.35. The summed E-state index contributed by atoms with van der Waals surface area (Å²) in [5, 5.41) is 9.93. The zero-order valence-electron chi connectivity index (χ0n) is 15.0. The van der Waals surface area contributed by atoms with Gasteiger partial charge in [0.25, 0.3) is 10.1 Å². The van der Waals surface area contributed by atoms with Crippen LogP contribution in [-0.2, 0) is 16.5 Å². The molecule has 2 rings (SSSR count). The summed E-state index contributed by atoms with van der Waals surface area (Å²) in [6.45, 7) is 2.19. The van der Waals surface area contributed by atoms with E-state index in [1.807, 2.05) is 0 Å². The van der Waals surface area contributed by atoms with Gasteiger partial charge < -0.3 is 9.84 Å². The highest BCUT2D eigenvalue weighted by atomic mass is 32.2. The van der Waals surface area contributed by atoms with Crippen LogP contribution in [0.15, 0.2) is 47.4 Å². The number of para-hydroxylation sites is 1. The summed E-state index contributed by atoms with van der Waals surface area (Å²) < 4.78 is 37.8. The lowest BCUT2D eigenvalue weighted by Gasteiger charge is -2.11. The van der Waals surface area contributed by atoms with E-state index < -0.39 is 10.1 Å². The maximum Gasteiger partial charge on any atom is 0.298 e. The minimum absolute atomic E-state index is 0.0196. The van der Waals surface area contributed by atoms with Gasteiger partial charge >= 0.3 is 0 Å². The molecule has 5 nitrogen and oxygen atoms in total. The van der Waals surface area contributed by atoms with Gasteiger partial charge in [-0.25, -0.2) is 0 Å². The minimum atomic E-state index is -4.39. The molecule has 0 saturated carbocycles. The second kappa shape index (κ2) is 9.59. The third-order valence-corrected chi connectivity index (χ3v) is 5.02. The molecule has 142 valence electrons. The van der Waals surface area contributed by atoms with Gasteiger partial charge in [0.1, 0.15) is 22.1 Å². The molecule has 0 atom stereocenters.